The second kappa shape index (κ2) is 8.15. The van der Waals surface area contributed by atoms with Crippen LogP contribution < -0.4 is 10.5 Å². The Labute approximate surface area is 133 Å². The highest BCUT2D eigenvalue weighted by Gasteiger charge is 2.30. The van der Waals surface area contributed by atoms with Crippen LogP contribution in [0.25, 0.3) is 0 Å². The van der Waals surface area contributed by atoms with Gasteiger partial charge in [-0.15, -0.1) is 0 Å². The van der Waals surface area contributed by atoms with Gasteiger partial charge in [0.05, 0.1) is 5.75 Å². The molecule has 2 rings (SSSR count). The average molecular weight is 331 g/mol. The van der Waals surface area contributed by atoms with E-state index in [0.29, 0.717) is 13.0 Å². The Balaban J connectivity index is 1.92. The highest BCUT2D eigenvalue weighted by Crippen LogP contribution is 2.20. The third-order valence-electron chi connectivity index (χ3n) is 4.75. The van der Waals surface area contributed by atoms with Gasteiger partial charge in [0.25, 0.3) is 0 Å². The van der Waals surface area contributed by atoms with E-state index in [1.165, 1.54) is 19.3 Å². The van der Waals surface area contributed by atoms with Crippen LogP contribution in [0.15, 0.2) is 0 Å². The highest BCUT2D eigenvalue weighted by molar-refractivity contribution is 7.89. The average Bonchev–Trinajstić information content (AvgIpc) is 2.40. The molecule has 2 fully saturated rings. The first-order chi connectivity index (χ1) is 10.5. The molecule has 0 spiro atoms. The molecule has 0 aromatic carbocycles. The van der Waals surface area contributed by atoms with Gasteiger partial charge >= 0.3 is 6.03 Å². The third-order valence-corrected chi connectivity index (χ3v) is 5.59. The summed E-state index contributed by atoms with van der Waals surface area (Å²) in [6.07, 6.45) is 10.7. The third kappa shape index (κ3) is 5.76. The number of nitrogens with two attached hydrogens (primary N) is 1. The molecule has 1 heterocycles. The molecule has 0 aromatic rings. The van der Waals surface area contributed by atoms with Gasteiger partial charge in [0, 0.05) is 18.6 Å². The Bertz CT molecular complexity index is 459. The van der Waals surface area contributed by atoms with Gasteiger partial charge in [-0.3, -0.25) is 0 Å². The molecule has 1 saturated carbocycles. The van der Waals surface area contributed by atoms with Gasteiger partial charge in [-0.1, -0.05) is 32.1 Å². The standard InChI is InChI=1S/C15H29N3O3S/c16-22(20,21)12-14-10-6-7-11-18(14)15(19)17-13-8-4-2-1-3-5-9-13/h13-14H,1-12H2,(H,17,19)(H2,16,20,21). The summed E-state index contributed by atoms with van der Waals surface area (Å²) in [4.78, 5) is 14.2. The van der Waals surface area contributed by atoms with E-state index in [9.17, 15) is 13.2 Å². The topological polar surface area (TPSA) is 92.5 Å². The number of hydrogen-bond donors (Lipinski definition) is 2. The van der Waals surface area contributed by atoms with Gasteiger partial charge in [-0.25, -0.2) is 18.4 Å². The summed E-state index contributed by atoms with van der Waals surface area (Å²) < 4.78 is 22.7. The second-order valence-corrected chi connectivity index (χ2v) is 8.32. The van der Waals surface area contributed by atoms with Gasteiger partial charge < -0.3 is 10.2 Å². The van der Waals surface area contributed by atoms with E-state index < -0.39 is 10.0 Å². The summed E-state index contributed by atoms with van der Waals surface area (Å²) in [5.41, 5.74) is 0. The lowest BCUT2D eigenvalue weighted by Gasteiger charge is -2.36. The molecule has 1 unspecified atom stereocenters. The fourth-order valence-electron chi connectivity index (χ4n) is 3.57. The Kier molecular flexibility index (Phi) is 6.50. The number of likely N-dealkylation sites (tertiary alicyclic amines) is 1. The minimum Gasteiger partial charge on any atom is -0.335 e. The van der Waals surface area contributed by atoms with Crippen molar-refractivity contribution in [2.75, 3.05) is 12.3 Å². The van der Waals surface area contributed by atoms with Crippen molar-refractivity contribution in [1.29, 1.82) is 0 Å². The molecule has 7 heteroatoms. The monoisotopic (exact) mass is 331 g/mol. The number of carbonyl (C=O) groups excluding carboxylic acids is 1. The van der Waals surface area contributed by atoms with Crippen molar-refractivity contribution in [1.82, 2.24) is 10.2 Å². The molecule has 1 atom stereocenters. The van der Waals surface area contributed by atoms with Crippen LogP contribution in [0.5, 0.6) is 0 Å². The number of primary sulfonamides is 1. The van der Waals surface area contributed by atoms with Crippen LogP contribution in [0, 0.1) is 0 Å². The van der Waals surface area contributed by atoms with Crippen molar-refractivity contribution in [2.24, 2.45) is 5.14 Å². The number of amides is 2. The molecule has 6 nitrogen and oxygen atoms in total. The molecule has 3 N–H and O–H groups in total. The van der Waals surface area contributed by atoms with Crippen LogP contribution in [-0.4, -0.2) is 43.7 Å². The lowest BCUT2D eigenvalue weighted by Crippen LogP contribution is -2.53. The van der Waals surface area contributed by atoms with Crippen molar-refractivity contribution in [2.45, 2.75) is 76.3 Å². The van der Waals surface area contributed by atoms with E-state index in [2.05, 4.69) is 5.32 Å². The van der Waals surface area contributed by atoms with Crippen molar-refractivity contribution in [3.63, 3.8) is 0 Å². The van der Waals surface area contributed by atoms with Crippen LogP contribution in [0.4, 0.5) is 4.79 Å². The highest BCUT2D eigenvalue weighted by atomic mass is 32.2. The Morgan fingerprint density at radius 2 is 1.59 bits per heavy atom. The summed E-state index contributed by atoms with van der Waals surface area (Å²) in [5, 5.41) is 8.29. The first-order valence-electron chi connectivity index (χ1n) is 8.53. The molecule has 128 valence electrons. The molecule has 2 amide bonds. The zero-order valence-corrected chi connectivity index (χ0v) is 14.1. The van der Waals surface area contributed by atoms with Gasteiger partial charge in [-0.05, 0) is 32.1 Å². The quantitative estimate of drug-likeness (QED) is 0.828. The van der Waals surface area contributed by atoms with Crippen molar-refractivity contribution >= 4 is 16.1 Å². The predicted molar refractivity (Wildman–Crippen MR) is 87.0 cm³/mol. The summed E-state index contributed by atoms with van der Waals surface area (Å²) in [7, 11) is -3.56. The Morgan fingerprint density at radius 3 is 2.23 bits per heavy atom. The number of nitrogens with one attached hydrogen (secondary N) is 1. The number of nitrogens with zero attached hydrogens (tertiary/aromatic N) is 1. The van der Waals surface area contributed by atoms with Crippen LogP contribution in [-0.2, 0) is 10.0 Å². The first-order valence-corrected chi connectivity index (χ1v) is 10.2. The maximum Gasteiger partial charge on any atom is 0.317 e. The Hall–Kier alpha value is -0.820. The van der Waals surface area contributed by atoms with Crippen LogP contribution in [0.1, 0.15) is 64.2 Å². The Morgan fingerprint density at radius 1 is 1.00 bits per heavy atom. The van der Waals surface area contributed by atoms with Gasteiger partial charge in [0.2, 0.25) is 10.0 Å². The van der Waals surface area contributed by atoms with Crippen molar-refractivity contribution < 1.29 is 13.2 Å². The summed E-state index contributed by atoms with van der Waals surface area (Å²) in [5.74, 6) is -0.134. The second-order valence-electron chi connectivity index (χ2n) is 6.66. The molecular formula is C15H29N3O3S. The molecule has 1 aliphatic heterocycles. The van der Waals surface area contributed by atoms with E-state index >= 15 is 0 Å². The first kappa shape index (κ1) is 17.5. The minimum atomic E-state index is -3.56. The number of piperidine rings is 1. The number of urea groups is 1. The smallest absolute Gasteiger partial charge is 0.317 e. The van der Waals surface area contributed by atoms with E-state index in [1.807, 2.05) is 0 Å². The maximum absolute atomic E-state index is 12.5. The number of sulfonamides is 1. The minimum absolute atomic E-state index is 0.112. The zero-order chi connectivity index (χ0) is 16.0. The predicted octanol–water partition coefficient (Wildman–Crippen LogP) is 1.95. The molecule has 0 aromatic heterocycles. The van der Waals surface area contributed by atoms with Gasteiger partial charge in [0.1, 0.15) is 0 Å². The van der Waals surface area contributed by atoms with Crippen molar-refractivity contribution in [3.05, 3.63) is 0 Å². The fourth-order valence-corrected chi connectivity index (χ4v) is 4.45. The van der Waals surface area contributed by atoms with Crippen molar-refractivity contribution in [3.8, 4) is 0 Å². The van der Waals surface area contributed by atoms with Crippen LogP contribution in [0.2, 0.25) is 0 Å². The van der Waals surface area contributed by atoms with Gasteiger partial charge in [-0.2, -0.15) is 0 Å². The summed E-state index contributed by atoms with van der Waals surface area (Å²) in [6, 6.07) is -0.166. The lowest BCUT2D eigenvalue weighted by molar-refractivity contribution is 0.154. The molecule has 1 saturated heterocycles. The van der Waals surface area contributed by atoms with Gasteiger partial charge in [0.15, 0.2) is 0 Å². The SMILES string of the molecule is NS(=O)(=O)CC1CCCCN1C(=O)NC1CCCCCCC1. The lowest BCUT2D eigenvalue weighted by atomic mass is 9.97. The normalized spacial score (nSPS) is 25.3. The molecule has 0 radical (unpaired) electrons. The summed E-state index contributed by atoms with van der Waals surface area (Å²) >= 11 is 0. The maximum atomic E-state index is 12.5. The number of hydrogen-bond acceptors (Lipinski definition) is 3. The number of rotatable bonds is 3. The zero-order valence-electron chi connectivity index (χ0n) is 13.3. The molecule has 2 aliphatic rings. The van der Waals surface area contributed by atoms with E-state index in [0.717, 1.165) is 38.5 Å². The molecule has 1 aliphatic carbocycles. The molecule has 22 heavy (non-hydrogen) atoms. The van der Waals surface area contributed by atoms with E-state index in [1.54, 1.807) is 4.90 Å². The fraction of sp³-hybridized carbons (Fsp3) is 0.933. The van der Waals surface area contributed by atoms with Crippen LogP contribution >= 0.6 is 0 Å². The molecule has 0 bridgehead atoms. The van der Waals surface area contributed by atoms with E-state index in [-0.39, 0.29) is 23.9 Å². The van der Waals surface area contributed by atoms with Crippen LogP contribution in [0.3, 0.4) is 0 Å². The number of carbonyl (C=O) groups is 1. The van der Waals surface area contributed by atoms with E-state index in [4.69, 9.17) is 5.14 Å². The molecular weight excluding hydrogens is 302 g/mol. The largest absolute Gasteiger partial charge is 0.335 e. The summed E-state index contributed by atoms with van der Waals surface area (Å²) in [6.45, 7) is 0.624.